The molecule has 2 rings (SSSR count). The number of carbonyl (C=O) groups excluding carboxylic acids is 2. The number of esters is 2. The zero-order chi connectivity index (χ0) is 45.4. The minimum atomic E-state index is -1.80. The first-order valence-corrected chi connectivity index (χ1v) is 24.3. The van der Waals surface area contributed by atoms with E-state index >= 15 is 0 Å². The third kappa shape index (κ3) is 23.4. The number of allylic oxidation sites excluding steroid dienone is 2. The van der Waals surface area contributed by atoms with Crippen LogP contribution in [-0.4, -0.2) is 142 Å². The number of rotatable bonds is 37. The standard InChI is InChI=1S/C47H86O15/c1-3-5-7-9-11-13-15-17-19-21-23-25-27-29-38(50)57-33-35(59-39(51)30-28-26-24-22-20-18-16-14-12-10-8-6-4-2)34-58-46-44(56)42(54)45(37(32-49)61-46)62-47-43(55)41(53)40(52)36(31-48)60-47/h14,16,35-37,40-49,52-56H,3-13,15,17-34H2,1-2H3/b16-14-/t35-,36?,37?,40?,41?,42?,43?,44?,45?,46?,47?/m1/s1. The topological polar surface area (TPSA) is 231 Å². The summed E-state index contributed by atoms with van der Waals surface area (Å²) in [6.07, 6.45) is 15.0. The Hall–Kier alpha value is -1.76. The second-order valence-corrected chi connectivity index (χ2v) is 17.3. The summed E-state index contributed by atoms with van der Waals surface area (Å²) in [7, 11) is 0. The molecule has 2 aliphatic heterocycles. The SMILES string of the molecule is CCCCCC/C=C\CCCCCCCC(=O)O[C@H](COC(=O)CCCCCCCCCCCCCCC)COC1OC(CO)C(OC2OC(CO)C(O)C(O)C2O)C(O)C1O. The van der Waals surface area contributed by atoms with Crippen LogP contribution < -0.4 is 0 Å². The molecule has 0 amide bonds. The highest BCUT2D eigenvalue weighted by atomic mass is 16.7. The summed E-state index contributed by atoms with van der Waals surface area (Å²) in [5, 5.41) is 72.3. The van der Waals surface area contributed by atoms with Gasteiger partial charge in [-0.25, -0.2) is 0 Å². The normalized spacial score (nSPS) is 27.1. The lowest BCUT2D eigenvalue weighted by Crippen LogP contribution is -2.64. The molecule has 364 valence electrons. The maximum Gasteiger partial charge on any atom is 0.306 e. The van der Waals surface area contributed by atoms with Crippen LogP contribution in [0, 0.1) is 0 Å². The largest absolute Gasteiger partial charge is 0.462 e. The molecule has 0 aromatic rings. The van der Waals surface area contributed by atoms with Crippen molar-refractivity contribution in [1.82, 2.24) is 0 Å². The highest BCUT2D eigenvalue weighted by Gasteiger charge is 2.51. The number of hydrogen-bond acceptors (Lipinski definition) is 15. The molecule has 2 saturated heterocycles. The Morgan fingerprint density at radius 1 is 0.516 bits per heavy atom. The summed E-state index contributed by atoms with van der Waals surface area (Å²) >= 11 is 0. The lowest BCUT2D eigenvalue weighted by atomic mass is 9.97. The van der Waals surface area contributed by atoms with Crippen LogP contribution in [0.4, 0.5) is 0 Å². The molecule has 11 atom stereocenters. The number of ether oxygens (including phenoxy) is 6. The summed E-state index contributed by atoms with van der Waals surface area (Å²) in [4.78, 5) is 25.7. The average Bonchev–Trinajstić information content (AvgIpc) is 3.27. The first-order valence-electron chi connectivity index (χ1n) is 24.3. The van der Waals surface area contributed by atoms with Gasteiger partial charge in [-0.1, -0.05) is 142 Å². The molecule has 15 heteroatoms. The Kier molecular flexibility index (Phi) is 32.3. The van der Waals surface area contributed by atoms with Crippen LogP contribution in [0.1, 0.15) is 181 Å². The molecule has 0 saturated carbocycles. The van der Waals surface area contributed by atoms with E-state index in [9.17, 15) is 45.3 Å². The van der Waals surface area contributed by atoms with E-state index < -0.39 is 92.7 Å². The van der Waals surface area contributed by atoms with Crippen LogP contribution in [0.2, 0.25) is 0 Å². The molecule has 0 aromatic carbocycles. The fourth-order valence-corrected chi connectivity index (χ4v) is 7.79. The predicted octanol–water partition coefficient (Wildman–Crippen LogP) is 5.82. The minimum Gasteiger partial charge on any atom is -0.462 e. The van der Waals surface area contributed by atoms with Crippen LogP contribution in [0.3, 0.4) is 0 Å². The van der Waals surface area contributed by atoms with E-state index in [4.69, 9.17) is 28.4 Å². The van der Waals surface area contributed by atoms with Gasteiger partial charge < -0.3 is 64.2 Å². The molecule has 0 aromatic heterocycles. The summed E-state index contributed by atoms with van der Waals surface area (Å²) < 4.78 is 33.6. The van der Waals surface area contributed by atoms with E-state index in [1.165, 1.54) is 83.5 Å². The van der Waals surface area contributed by atoms with Gasteiger partial charge in [0.05, 0.1) is 19.8 Å². The molecular weight excluding hydrogens is 805 g/mol. The Labute approximate surface area is 371 Å². The van der Waals surface area contributed by atoms with Gasteiger partial charge >= 0.3 is 11.9 Å². The Bertz CT molecular complexity index is 1140. The minimum absolute atomic E-state index is 0.159. The Morgan fingerprint density at radius 3 is 1.50 bits per heavy atom. The van der Waals surface area contributed by atoms with Gasteiger partial charge in [0.25, 0.3) is 0 Å². The molecule has 7 N–H and O–H groups in total. The highest BCUT2D eigenvalue weighted by Crippen LogP contribution is 2.30. The van der Waals surface area contributed by atoms with Gasteiger partial charge in [-0.05, 0) is 38.5 Å². The predicted molar refractivity (Wildman–Crippen MR) is 234 cm³/mol. The van der Waals surface area contributed by atoms with Gasteiger partial charge in [0.15, 0.2) is 18.7 Å². The number of carbonyl (C=O) groups is 2. The van der Waals surface area contributed by atoms with Crippen molar-refractivity contribution < 1.29 is 73.8 Å². The zero-order valence-corrected chi connectivity index (χ0v) is 38.1. The second-order valence-electron chi connectivity index (χ2n) is 17.3. The van der Waals surface area contributed by atoms with Crippen molar-refractivity contribution >= 4 is 11.9 Å². The molecule has 0 spiro atoms. The Balaban J connectivity index is 1.85. The van der Waals surface area contributed by atoms with Crippen molar-refractivity contribution in [1.29, 1.82) is 0 Å². The van der Waals surface area contributed by atoms with Gasteiger partial charge in [0.1, 0.15) is 55.4 Å². The molecule has 2 aliphatic rings. The lowest BCUT2D eigenvalue weighted by molar-refractivity contribution is -0.360. The van der Waals surface area contributed by atoms with E-state index in [1.54, 1.807) is 0 Å². The molecule has 0 radical (unpaired) electrons. The van der Waals surface area contributed by atoms with E-state index in [1.807, 2.05) is 0 Å². The van der Waals surface area contributed by atoms with Gasteiger partial charge in [-0.15, -0.1) is 0 Å². The van der Waals surface area contributed by atoms with Crippen LogP contribution in [0.15, 0.2) is 12.2 Å². The number of hydrogen-bond donors (Lipinski definition) is 7. The fraction of sp³-hybridized carbons (Fsp3) is 0.915. The molecule has 15 nitrogen and oxygen atoms in total. The van der Waals surface area contributed by atoms with E-state index in [0.717, 1.165) is 57.8 Å². The lowest BCUT2D eigenvalue weighted by Gasteiger charge is -2.46. The summed E-state index contributed by atoms with van der Waals surface area (Å²) in [5.74, 6) is -0.929. The third-order valence-corrected chi connectivity index (χ3v) is 11.8. The number of aliphatic hydroxyl groups excluding tert-OH is 7. The van der Waals surface area contributed by atoms with Gasteiger partial charge in [0.2, 0.25) is 0 Å². The van der Waals surface area contributed by atoms with E-state index in [0.29, 0.717) is 12.8 Å². The molecule has 2 fully saturated rings. The van der Waals surface area contributed by atoms with Crippen molar-refractivity contribution in [3.05, 3.63) is 12.2 Å². The monoisotopic (exact) mass is 891 g/mol. The third-order valence-electron chi connectivity index (χ3n) is 11.8. The number of unbranched alkanes of at least 4 members (excludes halogenated alkanes) is 21. The first kappa shape index (κ1) is 56.4. The van der Waals surface area contributed by atoms with Crippen molar-refractivity contribution in [3.8, 4) is 0 Å². The zero-order valence-electron chi connectivity index (χ0n) is 38.1. The molecule has 62 heavy (non-hydrogen) atoms. The van der Waals surface area contributed by atoms with Crippen LogP contribution in [0.5, 0.6) is 0 Å². The van der Waals surface area contributed by atoms with Crippen LogP contribution in [-0.2, 0) is 38.0 Å². The van der Waals surface area contributed by atoms with Gasteiger partial charge in [-0.3, -0.25) is 9.59 Å². The Morgan fingerprint density at radius 2 is 0.968 bits per heavy atom. The molecule has 10 unspecified atom stereocenters. The average molecular weight is 891 g/mol. The maximum absolute atomic E-state index is 12.9. The van der Waals surface area contributed by atoms with E-state index in [-0.39, 0.29) is 26.1 Å². The highest BCUT2D eigenvalue weighted by molar-refractivity contribution is 5.70. The summed E-state index contributed by atoms with van der Waals surface area (Å²) in [6, 6.07) is 0. The first-order chi connectivity index (χ1) is 30.1. The summed E-state index contributed by atoms with van der Waals surface area (Å²) in [6.45, 7) is 2.31. The molecule has 0 aliphatic carbocycles. The molecule has 2 heterocycles. The van der Waals surface area contributed by atoms with Crippen molar-refractivity contribution in [2.75, 3.05) is 26.4 Å². The van der Waals surface area contributed by atoms with Crippen molar-refractivity contribution in [2.45, 2.75) is 248 Å². The quantitative estimate of drug-likeness (QED) is 0.0221. The van der Waals surface area contributed by atoms with Crippen LogP contribution in [0.25, 0.3) is 0 Å². The van der Waals surface area contributed by atoms with Crippen molar-refractivity contribution in [3.63, 3.8) is 0 Å². The van der Waals surface area contributed by atoms with E-state index in [2.05, 4.69) is 26.0 Å². The second kappa shape index (κ2) is 35.5. The van der Waals surface area contributed by atoms with Crippen LogP contribution >= 0.6 is 0 Å². The number of aliphatic hydroxyl groups is 7. The molecule has 0 bridgehead atoms. The smallest absolute Gasteiger partial charge is 0.306 e. The van der Waals surface area contributed by atoms with Gasteiger partial charge in [-0.2, -0.15) is 0 Å². The molecular formula is C47H86O15. The van der Waals surface area contributed by atoms with Crippen molar-refractivity contribution in [2.24, 2.45) is 0 Å². The summed E-state index contributed by atoms with van der Waals surface area (Å²) in [5.41, 5.74) is 0. The maximum atomic E-state index is 12.9. The fourth-order valence-electron chi connectivity index (χ4n) is 7.79. The van der Waals surface area contributed by atoms with Gasteiger partial charge in [0, 0.05) is 12.8 Å².